The van der Waals surface area contributed by atoms with Crippen LogP contribution < -0.4 is 14.4 Å². The monoisotopic (exact) mass is 446 g/mol. The summed E-state index contributed by atoms with van der Waals surface area (Å²) in [7, 11) is 0. The molecule has 0 saturated carbocycles. The lowest BCUT2D eigenvalue weighted by Gasteiger charge is -2.59. The summed E-state index contributed by atoms with van der Waals surface area (Å²) >= 11 is 0. The van der Waals surface area contributed by atoms with Gasteiger partial charge in [-0.25, -0.2) is 4.39 Å². The number of nitrogens with zero attached hydrogens (tertiary/aromatic N) is 2. The van der Waals surface area contributed by atoms with Crippen molar-refractivity contribution in [3.8, 4) is 11.5 Å². The molecule has 0 spiro atoms. The van der Waals surface area contributed by atoms with Crippen LogP contribution in [0, 0.1) is 5.82 Å². The van der Waals surface area contributed by atoms with E-state index in [4.69, 9.17) is 9.47 Å². The molecule has 6 nitrogen and oxygen atoms in total. The molecule has 7 heteroatoms. The van der Waals surface area contributed by atoms with Crippen molar-refractivity contribution in [3.05, 3.63) is 89.2 Å². The number of benzene rings is 3. The molecule has 1 saturated heterocycles. The average molecular weight is 446 g/mol. The molecule has 3 aromatic carbocycles. The summed E-state index contributed by atoms with van der Waals surface area (Å²) in [5, 5.41) is 10.2. The number of rotatable bonds is 4. The third-order valence-corrected chi connectivity index (χ3v) is 6.96. The van der Waals surface area contributed by atoms with Crippen molar-refractivity contribution in [1.82, 2.24) is 4.90 Å². The van der Waals surface area contributed by atoms with Gasteiger partial charge in [0.15, 0.2) is 11.5 Å². The molecule has 3 heterocycles. The number of aliphatic hydroxyl groups is 1. The zero-order valence-electron chi connectivity index (χ0n) is 17.9. The van der Waals surface area contributed by atoms with E-state index in [0.29, 0.717) is 18.7 Å². The summed E-state index contributed by atoms with van der Waals surface area (Å²) in [6.45, 7) is 1.39. The van der Waals surface area contributed by atoms with Gasteiger partial charge in [-0.15, -0.1) is 0 Å². The van der Waals surface area contributed by atoms with Gasteiger partial charge in [0.2, 0.25) is 6.79 Å². The maximum atomic E-state index is 13.4. The molecule has 3 aliphatic rings. The molecule has 1 N–H and O–H groups in total. The first-order chi connectivity index (χ1) is 16.1. The van der Waals surface area contributed by atoms with Crippen LogP contribution in [0.4, 0.5) is 10.1 Å². The van der Waals surface area contributed by atoms with Crippen molar-refractivity contribution in [3.63, 3.8) is 0 Å². The van der Waals surface area contributed by atoms with Crippen molar-refractivity contribution in [2.75, 3.05) is 24.8 Å². The van der Waals surface area contributed by atoms with Crippen LogP contribution in [0.25, 0.3) is 0 Å². The van der Waals surface area contributed by atoms with Crippen LogP contribution in [0.5, 0.6) is 11.5 Å². The zero-order chi connectivity index (χ0) is 22.5. The first-order valence-electron chi connectivity index (χ1n) is 11.1. The lowest BCUT2D eigenvalue weighted by Crippen LogP contribution is -2.68. The minimum Gasteiger partial charge on any atom is -0.454 e. The summed E-state index contributed by atoms with van der Waals surface area (Å²) in [5.41, 5.74) is 3.43. The Bertz CT molecular complexity index is 1220. The number of amides is 1. The van der Waals surface area contributed by atoms with Gasteiger partial charge in [-0.1, -0.05) is 24.3 Å². The van der Waals surface area contributed by atoms with Crippen molar-refractivity contribution in [2.24, 2.45) is 0 Å². The number of fused-ring (bicyclic) bond motifs is 4. The van der Waals surface area contributed by atoms with E-state index in [-0.39, 0.29) is 43.1 Å². The second-order valence-corrected chi connectivity index (χ2v) is 8.68. The van der Waals surface area contributed by atoms with Crippen LogP contribution in [0.3, 0.4) is 0 Å². The Morgan fingerprint density at radius 3 is 2.64 bits per heavy atom. The predicted molar refractivity (Wildman–Crippen MR) is 120 cm³/mol. The standard InChI is InChI=1S/C26H23FN2O4/c27-18-8-6-17(7-9-18)26(31)29-13-21-25(19-3-1-2-4-20(19)29)22(14-30)28(21)12-16-5-10-23-24(11-16)33-15-32-23/h1-11,21-22,25,30H,12-15H2/t21-,22-,25+/m1/s1. The van der Waals surface area contributed by atoms with Crippen LogP contribution in [-0.2, 0) is 6.54 Å². The summed E-state index contributed by atoms with van der Waals surface area (Å²) in [5.74, 6) is 1.08. The van der Waals surface area contributed by atoms with Gasteiger partial charge in [-0.3, -0.25) is 9.69 Å². The van der Waals surface area contributed by atoms with E-state index in [9.17, 15) is 14.3 Å². The summed E-state index contributed by atoms with van der Waals surface area (Å²) < 4.78 is 24.3. The Balaban J connectivity index is 1.32. The molecule has 33 heavy (non-hydrogen) atoms. The minimum atomic E-state index is -0.370. The molecule has 1 amide bonds. The molecule has 0 aliphatic carbocycles. The van der Waals surface area contributed by atoms with E-state index in [0.717, 1.165) is 28.3 Å². The van der Waals surface area contributed by atoms with Gasteiger partial charge in [0, 0.05) is 42.3 Å². The van der Waals surface area contributed by atoms with Crippen molar-refractivity contribution < 1.29 is 23.8 Å². The van der Waals surface area contributed by atoms with Gasteiger partial charge in [0.05, 0.1) is 6.61 Å². The van der Waals surface area contributed by atoms with Gasteiger partial charge in [0.25, 0.3) is 5.91 Å². The molecule has 6 rings (SSSR count). The second-order valence-electron chi connectivity index (χ2n) is 8.68. The number of carbonyl (C=O) groups excluding carboxylic acids is 1. The van der Waals surface area contributed by atoms with E-state index in [1.165, 1.54) is 24.3 Å². The van der Waals surface area contributed by atoms with Gasteiger partial charge in [-0.2, -0.15) is 0 Å². The fourth-order valence-corrected chi connectivity index (χ4v) is 5.39. The number of hydrogen-bond donors (Lipinski definition) is 1. The number of anilines is 1. The Morgan fingerprint density at radius 1 is 1.03 bits per heavy atom. The third-order valence-electron chi connectivity index (χ3n) is 6.96. The minimum absolute atomic E-state index is 0.0337. The van der Waals surface area contributed by atoms with Crippen molar-refractivity contribution in [2.45, 2.75) is 24.5 Å². The molecular formula is C26H23FN2O4. The molecule has 0 bridgehead atoms. The number of aliphatic hydroxyl groups excluding tert-OH is 1. The number of halogens is 1. The van der Waals surface area contributed by atoms with Crippen LogP contribution in [-0.4, -0.2) is 47.9 Å². The lowest BCUT2D eigenvalue weighted by atomic mass is 9.71. The Labute approximate surface area is 190 Å². The SMILES string of the molecule is O=C(c1ccc(F)cc1)N1C[C@@H]2[C@H](c3ccccc31)[C@@H](CO)N2Cc1ccc2c(c1)OCO2. The number of likely N-dealkylation sites (tertiary alicyclic amines) is 1. The lowest BCUT2D eigenvalue weighted by molar-refractivity contribution is -0.0488. The molecular weight excluding hydrogens is 423 g/mol. The highest BCUT2D eigenvalue weighted by Gasteiger charge is 2.53. The highest BCUT2D eigenvalue weighted by Crippen LogP contribution is 2.49. The van der Waals surface area contributed by atoms with Crippen molar-refractivity contribution >= 4 is 11.6 Å². The second kappa shape index (κ2) is 7.86. The molecule has 3 aromatic rings. The topological polar surface area (TPSA) is 62.2 Å². The maximum absolute atomic E-state index is 13.4. The van der Waals surface area contributed by atoms with Gasteiger partial charge in [0.1, 0.15) is 5.82 Å². The first-order valence-corrected chi connectivity index (χ1v) is 11.1. The largest absolute Gasteiger partial charge is 0.454 e. The zero-order valence-corrected chi connectivity index (χ0v) is 17.9. The van der Waals surface area contributed by atoms with E-state index in [1.54, 1.807) is 4.90 Å². The molecule has 0 aromatic heterocycles. The predicted octanol–water partition coefficient (Wildman–Crippen LogP) is 3.54. The normalized spacial score (nSPS) is 23.0. The summed E-state index contributed by atoms with van der Waals surface area (Å²) in [4.78, 5) is 17.4. The van der Waals surface area contributed by atoms with E-state index in [2.05, 4.69) is 4.90 Å². The summed E-state index contributed by atoms with van der Waals surface area (Å²) in [6.07, 6.45) is 0. The Kier molecular flexibility index (Phi) is 4.81. The van der Waals surface area contributed by atoms with Crippen molar-refractivity contribution in [1.29, 1.82) is 0 Å². The molecule has 168 valence electrons. The maximum Gasteiger partial charge on any atom is 0.258 e. The number of para-hydroxylation sites is 1. The number of hydrogen-bond acceptors (Lipinski definition) is 5. The molecule has 1 fully saturated rings. The third kappa shape index (κ3) is 3.27. The Hall–Kier alpha value is -3.42. The van der Waals surface area contributed by atoms with Crippen LogP contribution in [0.15, 0.2) is 66.7 Å². The number of carbonyl (C=O) groups is 1. The first kappa shape index (κ1) is 20.2. The highest BCUT2D eigenvalue weighted by atomic mass is 19.1. The number of ether oxygens (including phenoxy) is 2. The van der Waals surface area contributed by atoms with E-state index < -0.39 is 0 Å². The molecule has 3 aliphatic heterocycles. The molecule has 0 unspecified atom stereocenters. The quantitative estimate of drug-likeness (QED) is 0.664. The smallest absolute Gasteiger partial charge is 0.258 e. The van der Waals surface area contributed by atoms with E-state index in [1.807, 2.05) is 42.5 Å². The average Bonchev–Trinajstić information content (AvgIpc) is 3.30. The van der Waals surface area contributed by atoms with Gasteiger partial charge in [-0.05, 0) is 53.6 Å². The van der Waals surface area contributed by atoms with Gasteiger partial charge < -0.3 is 19.5 Å². The van der Waals surface area contributed by atoms with E-state index >= 15 is 0 Å². The fraction of sp³-hybridized carbons (Fsp3) is 0.269. The molecule has 0 radical (unpaired) electrons. The molecule has 3 atom stereocenters. The summed E-state index contributed by atoms with van der Waals surface area (Å²) in [6, 6.07) is 19.4. The van der Waals surface area contributed by atoms with Crippen LogP contribution in [0.1, 0.15) is 27.4 Å². The Morgan fingerprint density at radius 2 is 1.82 bits per heavy atom. The van der Waals surface area contributed by atoms with Crippen LogP contribution >= 0.6 is 0 Å². The van der Waals surface area contributed by atoms with Crippen LogP contribution in [0.2, 0.25) is 0 Å². The fourth-order valence-electron chi connectivity index (χ4n) is 5.39. The van der Waals surface area contributed by atoms with Gasteiger partial charge >= 0.3 is 0 Å². The highest BCUT2D eigenvalue weighted by molar-refractivity contribution is 6.07.